The molecular formula is C13H26N2O. The molecule has 0 aromatic heterocycles. The summed E-state index contributed by atoms with van der Waals surface area (Å²) in [6.07, 6.45) is 3.33. The standard InChI is InChI=1S/C13H26N2O/c1-6-7-9(2)14-12(16)10(3)15-11-8-13(11,4)5/h9-11,15H,6-8H2,1-5H3,(H,14,16). The Balaban J connectivity index is 2.26. The Hall–Kier alpha value is -0.570. The molecule has 2 N–H and O–H groups in total. The lowest BCUT2D eigenvalue weighted by Gasteiger charge is -2.18. The molecule has 3 unspecified atom stereocenters. The van der Waals surface area contributed by atoms with Crippen molar-refractivity contribution in [1.82, 2.24) is 10.6 Å². The summed E-state index contributed by atoms with van der Waals surface area (Å²) in [6.45, 7) is 10.6. The maximum absolute atomic E-state index is 11.8. The van der Waals surface area contributed by atoms with Gasteiger partial charge in [0, 0.05) is 12.1 Å². The molecule has 0 heterocycles. The van der Waals surface area contributed by atoms with Crippen LogP contribution in [0.25, 0.3) is 0 Å². The maximum Gasteiger partial charge on any atom is 0.237 e. The minimum absolute atomic E-state index is 0.0777. The maximum atomic E-state index is 11.8. The first kappa shape index (κ1) is 13.5. The Morgan fingerprint density at radius 2 is 2.00 bits per heavy atom. The fraction of sp³-hybridized carbons (Fsp3) is 0.923. The number of carbonyl (C=O) groups is 1. The van der Waals surface area contributed by atoms with Crippen LogP contribution in [0.4, 0.5) is 0 Å². The van der Waals surface area contributed by atoms with Gasteiger partial charge in [-0.05, 0) is 32.1 Å². The van der Waals surface area contributed by atoms with Gasteiger partial charge in [-0.3, -0.25) is 4.79 Å². The normalized spacial score (nSPS) is 25.9. The van der Waals surface area contributed by atoms with Crippen LogP contribution in [0.3, 0.4) is 0 Å². The highest BCUT2D eigenvalue weighted by molar-refractivity contribution is 5.81. The molecule has 3 atom stereocenters. The minimum atomic E-state index is -0.0777. The summed E-state index contributed by atoms with van der Waals surface area (Å²) in [7, 11) is 0. The van der Waals surface area contributed by atoms with Gasteiger partial charge in [-0.25, -0.2) is 0 Å². The van der Waals surface area contributed by atoms with Crippen LogP contribution < -0.4 is 10.6 Å². The predicted molar refractivity (Wildman–Crippen MR) is 67.3 cm³/mol. The first-order chi connectivity index (χ1) is 7.36. The molecule has 1 amide bonds. The highest BCUT2D eigenvalue weighted by Crippen LogP contribution is 2.44. The van der Waals surface area contributed by atoms with E-state index in [0.29, 0.717) is 11.5 Å². The van der Waals surface area contributed by atoms with E-state index >= 15 is 0 Å². The molecule has 1 rings (SSSR count). The fourth-order valence-electron chi connectivity index (χ4n) is 2.00. The third-order valence-corrected chi connectivity index (χ3v) is 3.47. The van der Waals surface area contributed by atoms with Gasteiger partial charge in [0.05, 0.1) is 6.04 Å². The van der Waals surface area contributed by atoms with E-state index in [0.717, 1.165) is 12.8 Å². The van der Waals surface area contributed by atoms with Crippen molar-refractivity contribution in [2.24, 2.45) is 5.41 Å². The molecule has 16 heavy (non-hydrogen) atoms. The van der Waals surface area contributed by atoms with Gasteiger partial charge in [-0.15, -0.1) is 0 Å². The molecule has 0 aliphatic heterocycles. The largest absolute Gasteiger partial charge is 0.352 e. The molecule has 1 fully saturated rings. The molecule has 0 radical (unpaired) electrons. The van der Waals surface area contributed by atoms with Gasteiger partial charge in [0.1, 0.15) is 0 Å². The van der Waals surface area contributed by atoms with Crippen LogP contribution in [0.5, 0.6) is 0 Å². The van der Waals surface area contributed by atoms with Crippen LogP contribution in [-0.4, -0.2) is 24.0 Å². The van der Waals surface area contributed by atoms with Crippen molar-refractivity contribution in [1.29, 1.82) is 0 Å². The molecule has 3 heteroatoms. The van der Waals surface area contributed by atoms with Gasteiger partial charge in [0.2, 0.25) is 5.91 Å². The lowest BCUT2D eigenvalue weighted by atomic mass is 10.1. The van der Waals surface area contributed by atoms with Crippen molar-refractivity contribution >= 4 is 5.91 Å². The number of hydrogen-bond acceptors (Lipinski definition) is 2. The third kappa shape index (κ3) is 3.78. The van der Waals surface area contributed by atoms with Crippen LogP contribution in [-0.2, 0) is 4.79 Å². The van der Waals surface area contributed by atoms with Gasteiger partial charge in [-0.2, -0.15) is 0 Å². The smallest absolute Gasteiger partial charge is 0.237 e. The third-order valence-electron chi connectivity index (χ3n) is 3.47. The summed E-state index contributed by atoms with van der Waals surface area (Å²) in [5.74, 6) is 0.128. The van der Waals surface area contributed by atoms with E-state index in [4.69, 9.17) is 0 Å². The Morgan fingerprint density at radius 1 is 1.44 bits per heavy atom. The highest BCUT2D eigenvalue weighted by atomic mass is 16.2. The summed E-state index contributed by atoms with van der Waals surface area (Å²) >= 11 is 0. The molecule has 0 bridgehead atoms. The second-order valence-corrected chi connectivity index (χ2v) is 5.83. The first-order valence-corrected chi connectivity index (χ1v) is 6.43. The van der Waals surface area contributed by atoms with E-state index in [1.807, 2.05) is 6.92 Å². The molecule has 3 nitrogen and oxygen atoms in total. The molecule has 0 spiro atoms. The van der Waals surface area contributed by atoms with E-state index in [1.54, 1.807) is 0 Å². The molecule has 0 saturated heterocycles. The quantitative estimate of drug-likeness (QED) is 0.728. The number of carbonyl (C=O) groups excluding carboxylic acids is 1. The van der Waals surface area contributed by atoms with Crippen molar-refractivity contribution in [2.75, 3.05) is 0 Å². The van der Waals surface area contributed by atoms with E-state index < -0.39 is 0 Å². The van der Waals surface area contributed by atoms with E-state index in [-0.39, 0.29) is 18.0 Å². The zero-order valence-corrected chi connectivity index (χ0v) is 11.3. The fourth-order valence-corrected chi connectivity index (χ4v) is 2.00. The molecule has 1 aliphatic rings. The van der Waals surface area contributed by atoms with E-state index in [9.17, 15) is 4.79 Å². The zero-order valence-electron chi connectivity index (χ0n) is 11.3. The Bertz CT molecular complexity index is 250. The first-order valence-electron chi connectivity index (χ1n) is 6.43. The monoisotopic (exact) mass is 226 g/mol. The second kappa shape index (κ2) is 5.17. The van der Waals surface area contributed by atoms with Crippen molar-refractivity contribution in [3.8, 4) is 0 Å². The topological polar surface area (TPSA) is 41.1 Å². The molecule has 1 saturated carbocycles. The lowest BCUT2D eigenvalue weighted by Crippen LogP contribution is -2.46. The molecule has 1 aliphatic carbocycles. The molecule has 0 aromatic rings. The van der Waals surface area contributed by atoms with Crippen LogP contribution >= 0.6 is 0 Å². The zero-order chi connectivity index (χ0) is 12.3. The Morgan fingerprint density at radius 3 is 2.44 bits per heavy atom. The summed E-state index contributed by atoms with van der Waals surface area (Å²) in [6, 6.07) is 0.717. The summed E-state index contributed by atoms with van der Waals surface area (Å²) in [5.41, 5.74) is 0.379. The van der Waals surface area contributed by atoms with E-state index in [1.165, 1.54) is 6.42 Å². The molecule has 0 aromatic carbocycles. The van der Waals surface area contributed by atoms with Gasteiger partial charge in [0.15, 0.2) is 0 Å². The summed E-state index contributed by atoms with van der Waals surface area (Å²) in [4.78, 5) is 11.8. The summed E-state index contributed by atoms with van der Waals surface area (Å²) in [5, 5.41) is 6.42. The van der Waals surface area contributed by atoms with E-state index in [2.05, 4.69) is 38.3 Å². The van der Waals surface area contributed by atoms with Crippen LogP contribution in [0.15, 0.2) is 0 Å². The minimum Gasteiger partial charge on any atom is -0.352 e. The number of amides is 1. The van der Waals surface area contributed by atoms with Gasteiger partial charge < -0.3 is 10.6 Å². The lowest BCUT2D eigenvalue weighted by molar-refractivity contribution is -0.123. The van der Waals surface area contributed by atoms with Crippen LogP contribution in [0.2, 0.25) is 0 Å². The van der Waals surface area contributed by atoms with Crippen molar-refractivity contribution in [3.63, 3.8) is 0 Å². The van der Waals surface area contributed by atoms with Gasteiger partial charge >= 0.3 is 0 Å². The van der Waals surface area contributed by atoms with Crippen LogP contribution in [0.1, 0.15) is 53.9 Å². The number of nitrogens with one attached hydrogen (secondary N) is 2. The predicted octanol–water partition coefficient (Wildman–Crippen LogP) is 2.07. The Kier molecular flexibility index (Phi) is 4.36. The Labute approximate surface area is 99.4 Å². The molecular weight excluding hydrogens is 200 g/mol. The number of rotatable bonds is 6. The SMILES string of the molecule is CCCC(C)NC(=O)C(C)NC1CC1(C)C. The van der Waals surface area contributed by atoms with Crippen molar-refractivity contribution in [2.45, 2.75) is 72.0 Å². The average Bonchev–Trinajstić information content (AvgIpc) is 2.73. The van der Waals surface area contributed by atoms with Gasteiger partial charge in [-0.1, -0.05) is 27.2 Å². The number of hydrogen-bond donors (Lipinski definition) is 2. The van der Waals surface area contributed by atoms with Crippen molar-refractivity contribution < 1.29 is 4.79 Å². The second-order valence-electron chi connectivity index (χ2n) is 5.83. The van der Waals surface area contributed by atoms with Crippen LogP contribution in [0, 0.1) is 5.41 Å². The molecule has 94 valence electrons. The summed E-state index contributed by atoms with van der Waals surface area (Å²) < 4.78 is 0. The van der Waals surface area contributed by atoms with Gasteiger partial charge in [0.25, 0.3) is 0 Å². The van der Waals surface area contributed by atoms with Crippen molar-refractivity contribution in [3.05, 3.63) is 0 Å². The highest BCUT2D eigenvalue weighted by Gasteiger charge is 2.46. The average molecular weight is 226 g/mol.